The zero-order valence-corrected chi connectivity index (χ0v) is 10.6. The lowest BCUT2D eigenvalue weighted by molar-refractivity contribution is -0.384. The second kappa shape index (κ2) is 4.75. The minimum Gasteiger partial charge on any atom is -0.508 e. The Kier molecular flexibility index (Phi) is 2.91. The molecule has 3 rings (SSSR count). The Morgan fingerprint density at radius 1 is 1.10 bits per heavy atom. The van der Waals surface area contributed by atoms with Crippen LogP contribution < -0.4 is 5.43 Å². The van der Waals surface area contributed by atoms with Gasteiger partial charge in [0.15, 0.2) is 5.43 Å². The van der Waals surface area contributed by atoms with Crippen LogP contribution in [-0.2, 0) is 0 Å². The Morgan fingerprint density at radius 2 is 1.90 bits per heavy atom. The summed E-state index contributed by atoms with van der Waals surface area (Å²) in [6.45, 7) is 0. The average Bonchev–Trinajstić information content (AvgIpc) is 2.48. The van der Waals surface area contributed by atoms with E-state index in [1.807, 2.05) is 0 Å². The maximum Gasteiger partial charge on any atom is 0.270 e. The lowest BCUT2D eigenvalue weighted by Crippen LogP contribution is -2.00. The van der Waals surface area contributed by atoms with E-state index in [2.05, 4.69) is 0 Å². The molecule has 3 aromatic rings. The van der Waals surface area contributed by atoms with Crippen LogP contribution in [0.15, 0.2) is 57.7 Å². The molecule has 0 amide bonds. The van der Waals surface area contributed by atoms with Gasteiger partial charge in [0.05, 0.1) is 10.3 Å². The number of nitro groups is 1. The number of rotatable bonds is 2. The Bertz CT molecular complexity index is 913. The van der Waals surface area contributed by atoms with Gasteiger partial charge in [-0.05, 0) is 18.2 Å². The highest BCUT2D eigenvalue weighted by atomic mass is 16.6. The molecule has 0 radical (unpaired) electrons. The number of phenols is 1. The van der Waals surface area contributed by atoms with Gasteiger partial charge in [-0.1, -0.05) is 12.1 Å². The van der Waals surface area contributed by atoms with E-state index in [0.717, 1.165) is 0 Å². The van der Waals surface area contributed by atoms with Crippen LogP contribution in [0.1, 0.15) is 0 Å². The number of benzene rings is 2. The van der Waals surface area contributed by atoms with Crippen molar-refractivity contribution in [1.82, 2.24) is 0 Å². The fraction of sp³-hybridized carbons (Fsp3) is 0. The summed E-state index contributed by atoms with van der Waals surface area (Å²) in [7, 11) is 0. The van der Waals surface area contributed by atoms with Crippen molar-refractivity contribution >= 4 is 16.7 Å². The Hall–Kier alpha value is -3.15. The van der Waals surface area contributed by atoms with Crippen LogP contribution in [0.3, 0.4) is 0 Å². The Balaban J connectivity index is 2.22. The number of phenolic OH excluding ortho intramolecular Hbond substituents is 1. The van der Waals surface area contributed by atoms with E-state index < -0.39 is 4.92 Å². The lowest BCUT2D eigenvalue weighted by atomic mass is 10.1. The summed E-state index contributed by atoms with van der Waals surface area (Å²) in [5.74, 6) is 0.208. The highest BCUT2D eigenvalue weighted by Crippen LogP contribution is 2.26. The molecule has 1 heterocycles. The summed E-state index contributed by atoms with van der Waals surface area (Å²) in [5.41, 5.74) is 0.340. The molecule has 0 atom stereocenters. The monoisotopic (exact) mass is 283 g/mol. The van der Waals surface area contributed by atoms with E-state index in [0.29, 0.717) is 11.1 Å². The topological polar surface area (TPSA) is 93.6 Å². The molecule has 1 N–H and O–H groups in total. The predicted octanol–water partition coefficient (Wildman–Crippen LogP) is 3.07. The Labute approximate surface area is 118 Å². The van der Waals surface area contributed by atoms with Gasteiger partial charge in [0.25, 0.3) is 5.69 Å². The molecule has 0 aliphatic rings. The van der Waals surface area contributed by atoms with Crippen LogP contribution in [0.5, 0.6) is 5.75 Å². The molecule has 0 saturated carbocycles. The summed E-state index contributed by atoms with van der Waals surface area (Å²) >= 11 is 0. The maximum absolute atomic E-state index is 12.0. The van der Waals surface area contributed by atoms with Gasteiger partial charge < -0.3 is 9.52 Å². The first-order valence-corrected chi connectivity index (χ1v) is 6.06. The first-order chi connectivity index (χ1) is 10.0. The van der Waals surface area contributed by atoms with Gasteiger partial charge in [0.1, 0.15) is 17.1 Å². The van der Waals surface area contributed by atoms with E-state index in [9.17, 15) is 20.0 Å². The van der Waals surface area contributed by atoms with Gasteiger partial charge in [-0.15, -0.1) is 0 Å². The van der Waals surface area contributed by atoms with Crippen molar-refractivity contribution in [1.29, 1.82) is 0 Å². The Morgan fingerprint density at radius 3 is 2.67 bits per heavy atom. The van der Waals surface area contributed by atoms with Crippen LogP contribution >= 0.6 is 0 Å². The molecule has 0 saturated heterocycles. The molecule has 0 aliphatic carbocycles. The largest absolute Gasteiger partial charge is 0.508 e. The molecule has 21 heavy (non-hydrogen) atoms. The molecule has 0 bridgehead atoms. The summed E-state index contributed by atoms with van der Waals surface area (Å²) in [6.07, 6.45) is 0. The summed E-state index contributed by atoms with van der Waals surface area (Å²) in [4.78, 5) is 22.3. The molecule has 6 heteroatoms. The minimum absolute atomic E-state index is 0.0297. The van der Waals surface area contributed by atoms with Crippen molar-refractivity contribution in [2.75, 3.05) is 0 Å². The van der Waals surface area contributed by atoms with Crippen molar-refractivity contribution in [2.45, 2.75) is 0 Å². The molecular weight excluding hydrogens is 274 g/mol. The molecule has 0 aliphatic heterocycles. The first kappa shape index (κ1) is 12.9. The minimum atomic E-state index is -0.513. The number of nitrogens with zero attached hydrogens (tertiary/aromatic N) is 1. The molecule has 1 aromatic heterocycles. The van der Waals surface area contributed by atoms with E-state index in [1.54, 1.807) is 6.07 Å². The summed E-state index contributed by atoms with van der Waals surface area (Å²) < 4.78 is 5.58. The number of hydrogen-bond donors (Lipinski definition) is 1. The zero-order chi connectivity index (χ0) is 15.0. The van der Waals surface area contributed by atoms with Crippen LogP contribution in [0.2, 0.25) is 0 Å². The van der Waals surface area contributed by atoms with Crippen molar-refractivity contribution in [3.63, 3.8) is 0 Å². The van der Waals surface area contributed by atoms with Crippen molar-refractivity contribution in [3.8, 4) is 17.1 Å². The van der Waals surface area contributed by atoms with Crippen LogP contribution in [-0.4, -0.2) is 10.0 Å². The maximum atomic E-state index is 12.0. The average molecular weight is 283 g/mol. The van der Waals surface area contributed by atoms with Gasteiger partial charge in [-0.3, -0.25) is 14.9 Å². The highest BCUT2D eigenvalue weighted by Gasteiger charge is 2.11. The van der Waals surface area contributed by atoms with E-state index in [-0.39, 0.29) is 28.0 Å². The SMILES string of the molecule is O=c1cc(-c2cccc([N+](=O)[O-])c2)oc2ccc(O)cc12. The standard InChI is InChI=1S/C15H9NO5/c17-11-4-5-14-12(7-11)13(18)8-15(21-14)9-2-1-3-10(6-9)16(19)20/h1-8,17H. The van der Waals surface area contributed by atoms with Crippen molar-refractivity contribution in [2.24, 2.45) is 0 Å². The number of hydrogen-bond acceptors (Lipinski definition) is 5. The van der Waals surface area contributed by atoms with E-state index >= 15 is 0 Å². The lowest BCUT2D eigenvalue weighted by Gasteiger charge is -2.03. The highest BCUT2D eigenvalue weighted by molar-refractivity contribution is 5.80. The molecule has 0 fully saturated rings. The molecule has 6 nitrogen and oxygen atoms in total. The number of aromatic hydroxyl groups is 1. The van der Waals surface area contributed by atoms with Gasteiger partial charge >= 0.3 is 0 Å². The third-order valence-corrected chi connectivity index (χ3v) is 3.05. The third kappa shape index (κ3) is 2.34. The first-order valence-electron chi connectivity index (χ1n) is 6.06. The zero-order valence-electron chi connectivity index (χ0n) is 10.6. The molecule has 0 spiro atoms. The normalized spacial score (nSPS) is 10.7. The van der Waals surface area contributed by atoms with Gasteiger partial charge in [-0.2, -0.15) is 0 Å². The molecule has 104 valence electrons. The number of nitro benzene ring substituents is 1. The second-order valence-corrected chi connectivity index (χ2v) is 4.46. The van der Waals surface area contributed by atoms with Crippen LogP contribution in [0, 0.1) is 10.1 Å². The van der Waals surface area contributed by atoms with E-state index in [1.165, 1.54) is 42.5 Å². The fourth-order valence-corrected chi connectivity index (χ4v) is 2.06. The third-order valence-electron chi connectivity index (χ3n) is 3.05. The predicted molar refractivity (Wildman–Crippen MR) is 76.2 cm³/mol. The summed E-state index contributed by atoms with van der Waals surface area (Å²) in [5, 5.41) is 20.4. The number of fused-ring (bicyclic) bond motifs is 1. The van der Waals surface area contributed by atoms with E-state index in [4.69, 9.17) is 4.42 Å². The van der Waals surface area contributed by atoms with Gasteiger partial charge in [0.2, 0.25) is 0 Å². The van der Waals surface area contributed by atoms with Gasteiger partial charge in [0, 0.05) is 23.8 Å². The van der Waals surface area contributed by atoms with Crippen LogP contribution in [0.4, 0.5) is 5.69 Å². The molecule has 2 aromatic carbocycles. The number of non-ortho nitro benzene ring substituents is 1. The quantitative estimate of drug-likeness (QED) is 0.576. The van der Waals surface area contributed by atoms with Gasteiger partial charge in [-0.25, -0.2) is 0 Å². The molecule has 0 unspecified atom stereocenters. The fourth-order valence-electron chi connectivity index (χ4n) is 2.06. The molecular formula is C15H9NO5. The van der Waals surface area contributed by atoms with Crippen molar-refractivity contribution < 1.29 is 14.4 Å². The smallest absolute Gasteiger partial charge is 0.270 e. The second-order valence-electron chi connectivity index (χ2n) is 4.46. The van der Waals surface area contributed by atoms with Crippen molar-refractivity contribution in [3.05, 3.63) is 68.9 Å². The summed E-state index contributed by atoms with van der Waals surface area (Å²) in [6, 6.07) is 11.3. The van der Waals surface area contributed by atoms with Crippen LogP contribution in [0.25, 0.3) is 22.3 Å².